The zero-order valence-corrected chi connectivity index (χ0v) is 20.5. The van der Waals surface area contributed by atoms with Gasteiger partial charge in [-0.3, -0.25) is 13.8 Å². The first-order valence-corrected chi connectivity index (χ1v) is 10.0. The maximum absolute atomic E-state index is 13.7. The fourth-order valence-corrected chi connectivity index (χ4v) is 3.30. The number of alkyl halides is 3. The average molecular weight is 663 g/mol. The molecule has 0 saturated heterocycles. The van der Waals surface area contributed by atoms with Crippen molar-refractivity contribution >= 4 is 11.4 Å². The first-order valence-electron chi connectivity index (χ1n) is 10.0. The monoisotopic (exact) mass is 663 g/mol. The molecule has 3 heterocycles. The summed E-state index contributed by atoms with van der Waals surface area (Å²) in [6.07, 6.45) is -2.97. The summed E-state index contributed by atoms with van der Waals surface area (Å²) in [5.41, 5.74) is 1.92. The molecule has 5 rings (SSSR count). The first kappa shape index (κ1) is 26.3. The van der Waals surface area contributed by atoms with E-state index < -0.39 is 23.5 Å². The Labute approximate surface area is 212 Å². The topological polar surface area (TPSA) is 46.4 Å². The van der Waals surface area contributed by atoms with E-state index >= 15 is 0 Å². The van der Waals surface area contributed by atoms with Crippen LogP contribution in [-0.4, -0.2) is 17.1 Å². The van der Waals surface area contributed by atoms with Gasteiger partial charge in [-0.1, -0.05) is 23.9 Å². The Kier molecular flexibility index (Phi) is 8.24. The molecule has 0 N–H and O–H groups in total. The van der Waals surface area contributed by atoms with Crippen LogP contribution in [0, 0.1) is 24.4 Å². The number of halogens is 5. The van der Waals surface area contributed by atoms with Crippen molar-refractivity contribution in [2.75, 3.05) is 16.8 Å². The summed E-state index contributed by atoms with van der Waals surface area (Å²) in [6.45, 7) is 2.22. The molecular weight excluding hydrogens is 646 g/mol. The Hall–Kier alpha value is -3.30. The first-order chi connectivity index (χ1) is 16.2. The minimum absolute atomic E-state index is 0. The van der Waals surface area contributed by atoms with E-state index in [2.05, 4.69) is 21.2 Å². The van der Waals surface area contributed by atoms with E-state index in [1.807, 2.05) is 47.8 Å². The van der Waals surface area contributed by atoms with Gasteiger partial charge in [0.25, 0.3) is 0 Å². The molecule has 35 heavy (non-hydrogen) atoms. The van der Waals surface area contributed by atoms with Crippen LogP contribution in [0.15, 0.2) is 66.9 Å². The van der Waals surface area contributed by atoms with Crippen molar-refractivity contribution in [3.63, 3.8) is 0 Å². The molecule has 11 heteroatoms. The van der Waals surface area contributed by atoms with Crippen molar-refractivity contribution in [2.24, 2.45) is 0 Å². The average Bonchev–Trinajstić information content (AvgIpc) is 3.43. The maximum Gasteiger partial charge on any atom is 3.00 e. The molecule has 182 valence electrons. The molecule has 0 atom stereocenters. The smallest absolute Gasteiger partial charge is 0.573 e. The van der Waals surface area contributed by atoms with Gasteiger partial charge in [0, 0.05) is 34.9 Å². The zero-order valence-electron chi connectivity index (χ0n) is 18.1. The van der Waals surface area contributed by atoms with Gasteiger partial charge in [-0.2, -0.15) is 25.9 Å². The molecule has 0 unspecified atom stereocenters. The van der Waals surface area contributed by atoms with Crippen LogP contribution in [0.25, 0.3) is 11.4 Å². The zero-order chi connectivity index (χ0) is 24.3. The predicted octanol–water partition coefficient (Wildman–Crippen LogP) is 5.46. The van der Waals surface area contributed by atoms with E-state index in [1.54, 1.807) is 18.2 Å². The van der Waals surface area contributed by atoms with E-state index in [4.69, 9.17) is 0 Å². The van der Waals surface area contributed by atoms with Gasteiger partial charge in [-0.05, 0) is 43.9 Å². The van der Waals surface area contributed by atoms with Crippen molar-refractivity contribution in [3.05, 3.63) is 102 Å². The Morgan fingerprint density at radius 2 is 1.74 bits per heavy atom. The third kappa shape index (κ3) is 6.23. The number of anilines is 2. The van der Waals surface area contributed by atoms with Gasteiger partial charge in [0.1, 0.15) is 5.69 Å². The van der Waals surface area contributed by atoms with E-state index in [-0.39, 0.29) is 25.8 Å². The van der Waals surface area contributed by atoms with Crippen LogP contribution in [-0.2, 0) is 32.8 Å². The number of pyridine rings is 1. The SMILES string of the molecule is CN1[CH-]N(Cc2[c-]cc(F)cc2F)c2ccccc21.FC(F)(F)c1cc(-c2ccccn2)[n-]n1.[Ir+3]. The summed E-state index contributed by atoms with van der Waals surface area (Å²) in [5.74, 6) is -1.18. The number of fused-ring (bicyclic) bond motifs is 1. The molecule has 2 aromatic heterocycles. The standard InChI is InChI=1S/C15H12F2N2.C9H5F3N3.Ir/c1-18-10-19(15-5-3-2-4-14(15)18)9-11-6-7-12(16)8-13(11)17;10-9(11,12)8-5-7(14-15-8)6-3-1-2-4-13-6;/h2-5,7-8,10H,9H2,1H3;1-5H;/q-2;-1;+3. The van der Waals surface area contributed by atoms with Crippen LogP contribution in [0.5, 0.6) is 0 Å². The van der Waals surface area contributed by atoms with Gasteiger partial charge in [-0.15, -0.1) is 17.7 Å². The van der Waals surface area contributed by atoms with Crippen LogP contribution in [0.3, 0.4) is 0 Å². The number of para-hydroxylation sites is 2. The van der Waals surface area contributed by atoms with Gasteiger partial charge < -0.3 is 20.0 Å². The summed E-state index contributed by atoms with van der Waals surface area (Å²) in [5, 5.41) is 6.47. The second-order valence-corrected chi connectivity index (χ2v) is 7.31. The molecule has 0 aliphatic carbocycles. The number of aromatic nitrogens is 3. The van der Waals surface area contributed by atoms with Crippen molar-refractivity contribution in [1.29, 1.82) is 0 Å². The molecule has 0 saturated carbocycles. The quantitative estimate of drug-likeness (QED) is 0.216. The molecule has 1 aliphatic rings. The number of benzene rings is 2. The molecule has 2 aromatic carbocycles. The molecule has 0 spiro atoms. The fourth-order valence-electron chi connectivity index (χ4n) is 3.30. The van der Waals surface area contributed by atoms with E-state index in [1.165, 1.54) is 6.20 Å². The van der Waals surface area contributed by atoms with Crippen LogP contribution >= 0.6 is 0 Å². The van der Waals surface area contributed by atoms with Gasteiger partial charge >= 0.3 is 26.3 Å². The van der Waals surface area contributed by atoms with Gasteiger partial charge in [0.15, 0.2) is 0 Å². The van der Waals surface area contributed by atoms with Crippen LogP contribution in [0.2, 0.25) is 0 Å². The number of hydrogen-bond donors (Lipinski definition) is 0. The van der Waals surface area contributed by atoms with Crippen molar-refractivity contribution in [2.45, 2.75) is 12.7 Å². The Morgan fingerprint density at radius 1 is 1.03 bits per heavy atom. The third-order valence-electron chi connectivity index (χ3n) is 4.91. The van der Waals surface area contributed by atoms with Crippen LogP contribution < -0.4 is 14.9 Å². The molecule has 0 amide bonds. The summed E-state index contributed by atoms with van der Waals surface area (Å²) in [6, 6.07) is 18.3. The normalized spacial score (nSPS) is 12.5. The van der Waals surface area contributed by atoms with Gasteiger partial charge in [0.2, 0.25) is 0 Å². The summed E-state index contributed by atoms with van der Waals surface area (Å²) >= 11 is 0. The van der Waals surface area contributed by atoms with Crippen molar-refractivity contribution < 1.29 is 42.1 Å². The summed E-state index contributed by atoms with van der Waals surface area (Å²) in [7, 11) is 1.93. The summed E-state index contributed by atoms with van der Waals surface area (Å²) < 4.78 is 63.1. The van der Waals surface area contributed by atoms with E-state index in [0.717, 1.165) is 29.6 Å². The number of hydrogen-bond acceptors (Lipinski definition) is 4. The Morgan fingerprint density at radius 3 is 2.37 bits per heavy atom. The molecule has 0 bridgehead atoms. The second kappa shape index (κ2) is 11.0. The van der Waals surface area contributed by atoms with Crippen LogP contribution in [0.1, 0.15) is 11.3 Å². The number of rotatable bonds is 3. The minimum atomic E-state index is -4.46. The second-order valence-electron chi connectivity index (χ2n) is 7.31. The van der Waals surface area contributed by atoms with Gasteiger partial charge in [0.05, 0.1) is 0 Å². The molecule has 0 radical (unpaired) electrons. The van der Waals surface area contributed by atoms with E-state index in [0.29, 0.717) is 17.8 Å². The molecule has 5 nitrogen and oxygen atoms in total. The predicted molar refractivity (Wildman–Crippen MR) is 116 cm³/mol. The number of nitrogens with zero attached hydrogens (tertiary/aromatic N) is 5. The minimum Gasteiger partial charge on any atom is -0.573 e. The fraction of sp³-hybridized carbons (Fsp3) is 0.125. The van der Waals surface area contributed by atoms with Crippen molar-refractivity contribution in [3.8, 4) is 11.4 Å². The molecular formula is C24H17F5IrN5. The largest absolute Gasteiger partial charge is 3.00 e. The van der Waals surface area contributed by atoms with Gasteiger partial charge in [-0.25, -0.2) is 0 Å². The molecule has 4 aromatic rings. The van der Waals surface area contributed by atoms with Crippen molar-refractivity contribution in [1.82, 2.24) is 15.2 Å². The summed E-state index contributed by atoms with van der Waals surface area (Å²) in [4.78, 5) is 7.76. The molecule has 0 fully saturated rings. The molecule has 1 aliphatic heterocycles. The third-order valence-corrected chi connectivity index (χ3v) is 4.91. The Balaban J connectivity index is 0.000000195. The maximum atomic E-state index is 13.7. The van der Waals surface area contributed by atoms with Crippen LogP contribution in [0.4, 0.5) is 33.3 Å². The Bertz CT molecular complexity index is 1260. The van der Waals surface area contributed by atoms with E-state index in [9.17, 15) is 22.0 Å².